The molecule has 0 saturated carbocycles. The summed E-state index contributed by atoms with van der Waals surface area (Å²) in [7, 11) is 1.57. The molecule has 0 saturated heterocycles. The van der Waals surface area contributed by atoms with Gasteiger partial charge in [-0.3, -0.25) is 4.79 Å². The van der Waals surface area contributed by atoms with Crippen molar-refractivity contribution in [3.63, 3.8) is 0 Å². The molecule has 27 heavy (non-hydrogen) atoms. The Balaban J connectivity index is 2.08. The number of hydrogen-bond donors (Lipinski definition) is 1. The number of ether oxygens (including phenoxy) is 1. The van der Waals surface area contributed by atoms with Crippen LogP contribution in [0.2, 0.25) is 0 Å². The van der Waals surface area contributed by atoms with Crippen molar-refractivity contribution in [2.24, 2.45) is 0 Å². The Labute approximate surface area is 159 Å². The third-order valence-corrected chi connectivity index (χ3v) is 4.33. The molecule has 0 aliphatic carbocycles. The monoisotopic (exact) mass is 365 g/mol. The van der Waals surface area contributed by atoms with E-state index in [0.29, 0.717) is 17.8 Å². The van der Waals surface area contributed by atoms with Gasteiger partial charge in [0.15, 0.2) is 6.61 Å². The SMILES string of the molecule is Cc1cccc(Nc2ccccc2C(=O)OCC(=O)N(C)CCC#N)c1C. The van der Waals surface area contributed by atoms with Gasteiger partial charge in [-0.15, -0.1) is 0 Å². The van der Waals surface area contributed by atoms with E-state index in [9.17, 15) is 9.59 Å². The zero-order valence-corrected chi connectivity index (χ0v) is 15.8. The number of likely N-dealkylation sites (N-methyl/N-ethyl adjacent to an activating group) is 1. The van der Waals surface area contributed by atoms with E-state index < -0.39 is 5.97 Å². The van der Waals surface area contributed by atoms with Crippen LogP contribution in [0.15, 0.2) is 42.5 Å². The molecule has 0 fully saturated rings. The Morgan fingerprint density at radius 3 is 2.56 bits per heavy atom. The van der Waals surface area contributed by atoms with Crippen LogP contribution in [0.1, 0.15) is 27.9 Å². The van der Waals surface area contributed by atoms with E-state index in [1.807, 2.05) is 44.2 Å². The molecule has 0 atom stereocenters. The summed E-state index contributed by atoms with van der Waals surface area (Å²) >= 11 is 0. The molecule has 6 heteroatoms. The largest absolute Gasteiger partial charge is 0.452 e. The summed E-state index contributed by atoms with van der Waals surface area (Å²) in [5.74, 6) is -0.927. The lowest BCUT2D eigenvalue weighted by Crippen LogP contribution is -2.32. The molecular formula is C21H23N3O3. The average molecular weight is 365 g/mol. The molecule has 0 aliphatic heterocycles. The number of nitrogens with zero attached hydrogens (tertiary/aromatic N) is 2. The summed E-state index contributed by atoms with van der Waals surface area (Å²) in [6, 6.07) is 14.9. The number of anilines is 2. The van der Waals surface area contributed by atoms with Gasteiger partial charge in [0.2, 0.25) is 0 Å². The summed E-state index contributed by atoms with van der Waals surface area (Å²) in [5, 5.41) is 11.8. The predicted octanol–water partition coefficient (Wildman–Crippen LogP) is 3.58. The zero-order valence-electron chi connectivity index (χ0n) is 15.8. The van der Waals surface area contributed by atoms with Crippen LogP contribution in [-0.4, -0.2) is 37.0 Å². The standard InChI is InChI=1S/C21H23N3O3/c1-15-8-6-11-18(16(15)2)23-19-10-5-4-9-17(19)21(26)27-14-20(25)24(3)13-7-12-22/h4-6,8-11,23H,7,13-14H2,1-3H3. The summed E-state index contributed by atoms with van der Waals surface area (Å²) in [6.45, 7) is 3.97. The molecule has 6 nitrogen and oxygen atoms in total. The Morgan fingerprint density at radius 2 is 1.81 bits per heavy atom. The number of para-hydroxylation sites is 1. The van der Waals surface area contributed by atoms with Gasteiger partial charge in [0.25, 0.3) is 5.91 Å². The van der Waals surface area contributed by atoms with Crippen LogP contribution in [0.3, 0.4) is 0 Å². The van der Waals surface area contributed by atoms with Gasteiger partial charge in [0.05, 0.1) is 23.7 Å². The highest BCUT2D eigenvalue weighted by Crippen LogP contribution is 2.25. The van der Waals surface area contributed by atoms with Crippen molar-refractivity contribution in [3.05, 3.63) is 59.2 Å². The van der Waals surface area contributed by atoms with Crippen LogP contribution >= 0.6 is 0 Å². The van der Waals surface area contributed by atoms with Crippen molar-refractivity contribution in [3.8, 4) is 6.07 Å². The minimum Gasteiger partial charge on any atom is -0.452 e. The number of aryl methyl sites for hydroxylation is 1. The van der Waals surface area contributed by atoms with Gasteiger partial charge in [-0.2, -0.15) is 5.26 Å². The lowest BCUT2D eigenvalue weighted by atomic mass is 10.1. The molecule has 1 amide bonds. The molecule has 2 aromatic carbocycles. The molecule has 0 aromatic heterocycles. The summed E-state index contributed by atoms with van der Waals surface area (Å²) < 4.78 is 5.17. The number of nitrogens with one attached hydrogen (secondary N) is 1. The predicted molar refractivity (Wildman–Crippen MR) is 104 cm³/mol. The van der Waals surface area contributed by atoms with Gasteiger partial charge >= 0.3 is 5.97 Å². The van der Waals surface area contributed by atoms with E-state index >= 15 is 0 Å². The van der Waals surface area contributed by atoms with Gasteiger partial charge in [0, 0.05) is 19.3 Å². The van der Waals surface area contributed by atoms with Crippen molar-refractivity contribution >= 4 is 23.3 Å². The van der Waals surface area contributed by atoms with Crippen LogP contribution in [0.4, 0.5) is 11.4 Å². The Morgan fingerprint density at radius 1 is 1.11 bits per heavy atom. The first-order valence-corrected chi connectivity index (χ1v) is 8.64. The summed E-state index contributed by atoms with van der Waals surface area (Å²) in [4.78, 5) is 25.8. The van der Waals surface area contributed by atoms with E-state index in [0.717, 1.165) is 16.8 Å². The molecular weight excluding hydrogens is 342 g/mol. The quantitative estimate of drug-likeness (QED) is 0.759. The first kappa shape index (κ1) is 20.0. The minimum atomic E-state index is -0.578. The summed E-state index contributed by atoms with van der Waals surface area (Å²) in [6.07, 6.45) is 0.235. The van der Waals surface area contributed by atoms with Crippen LogP contribution in [0, 0.1) is 25.2 Å². The van der Waals surface area contributed by atoms with Crippen molar-refractivity contribution in [1.82, 2.24) is 4.90 Å². The second-order valence-electron chi connectivity index (χ2n) is 6.22. The van der Waals surface area contributed by atoms with Gasteiger partial charge in [-0.25, -0.2) is 4.79 Å². The smallest absolute Gasteiger partial charge is 0.340 e. The number of esters is 1. The number of nitriles is 1. The fourth-order valence-electron chi connectivity index (χ4n) is 2.46. The lowest BCUT2D eigenvalue weighted by Gasteiger charge is -2.16. The van der Waals surface area contributed by atoms with Gasteiger partial charge < -0.3 is 15.0 Å². The van der Waals surface area contributed by atoms with Crippen molar-refractivity contribution < 1.29 is 14.3 Å². The maximum absolute atomic E-state index is 12.5. The van der Waals surface area contributed by atoms with Crippen LogP contribution in [-0.2, 0) is 9.53 Å². The van der Waals surface area contributed by atoms with Crippen molar-refractivity contribution in [2.75, 3.05) is 25.5 Å². The Hall–Kier alpha value is -3.33. The Bertz CT molecular complexity index is 871. The van der Waals surface area contributed by atoms with Crippen LogP contribution < -0.4 is 5.32 Å². The van der Waals surface area contributed by atoms with Gasteiger partial charge in [-0.05, 0) is 43.2 Å². The third-order valence-electron chi connectivity index (χ3n) is 4.33. The first-order valence-electron chi connectivity index (χ1n) is 8.64. The van der Waals surface area contributed by atoms with E-state index in [2.05, 4.69) is 5.32 Å². The molecule has 0 heterocycles. The normalized spacial score (nSPS) is 10.0. The number of carbonyl (C=O) groups is 2. The maximum atomic E-state index is 12.5. The van der Waals surface area contributed by atoms with Gasteiger partial charge in [0.1, 0.15) is 0 Å². The highest BCUT2D eigenvalue weighted by Gasteiger charge is 2.16. The topological polar surface area (TPSA) is 82.4 Å². The molecule has 1 N–H and O–H groups in total. The minimum absolute atomic E-state index is 0.235. The number of carbonyl (C=O) groups excluding carboxylic acids is 2. The molecule has 0 radical (unpaired) electrons. The van der Waals surface area contributed by atoms with E-state index in [4.69, 9.17) is 10.00 Å². The van der Waals surface area contributed by atoms with Crippen LogP contribution in [0.5, 0.6) is 0 Å². The molecule has 0 bridgehead atoms. The average Bonchev–Trinajstić information content (AvgIpc) is 2.67. The fraction of sp³-hybridized carbons (Fsp3) is 0.286. The Kier molecular flexibility index (Phi) is 6.95. The molecule has 0 aliphatic rings. The van der Waals surface area contributed by atoms with Crippen molar-refractivity contribution in [2.45, 2.75) is 20.3 Å². The third kappa shape index (κ3) is 5.32. The van der Waals surface area contributed by atoms with E-state index in [1.165, 1.54) is 4.90 Å². The van der Waals surface area contributed by atoms with E-state index in [1.54, 1.807) is 25.2 Å². The lowest BCUT2D eigenvalue weighted by molar-refractivity contribution is -0.133. The molecule has 140 valence electrons. The van der Waals surface area contributed by atoms with Crippen LogP contribution in [0.25, 0.3) is 0 Å². The first-order chi connectivity index (χ1) is 12.9. The maximum Gasteiger partial charge on any atom is 0.340 e. The van der Waals surface area contributed by atoms with Crippen molar-refractivity contribution in [1.29, 1.82) is 5.26 Å². The number of hydrogen-bond acceptors (Lipinski definition) is 5. The second-order valence-corrected chi connectivity index (χ2v) is 6.22. The number of benzene rings is 2. The molecule has 0 spiro atoms. The molecule has 2 aromatic rings. The molecule has 2 rings (SSSR count). The zero-order chi connectivity index (χ0) is 19.8. The van der Waals surface area contributed by atoms with Gasteiger partial charge in [-0.1, -0.05) is 24.3 Å². The highest BCUT2D eigenvalue weighted by molar-refractivity contribution is 5.97. The summed E-state index contributed by atoms with van der Waals surface area (Å²) in [5.41, 5.74) is 4.11. The number of rotatable bonds is 7. The second kappa shape index (κ2) is 9.39. The molecule has 0 unspecified atom stereocenters. The number of amides is 1. The van der Waals surface area contributed by atoms with E-state index in [-0.39, 0.29) is 18.9 Å². The highest BCUT2D eigenvalue weighted by atomic mass is 16.5. The fourth-order valence-corrected chi connectivity index (χ4v) is 2.46.